The topological polar surface area (TPSA) is 78.9 Å². The summed E-state index contributed by atoms with van der Waals surface area (Å²) < 4.78 is 25.5. The van der Waals surface area contributed by atoms with E-state index in [1.165, 1.54) is 16.8 Å². The predicted octanol–water partition coefficient (Wildman–Crippen LogP) is 3.52. The molecular weight excluding hydrogens is 337 g/mol. The molecule has 7 nitrogen and oxygen atoms in total. The molecule has 130 valence electrons. The number of rotatable bonds is 5. The Hall–Kier alpha value is -3.55. The second-order valence-electron chi connectivity index (χ2n) is 5.38. The Morgan fingerprint density at radius 3 is 2.73 bits per heavy atom. The van der Waals surface area contributed by atoms with Crippen LogP contribution >= 0.6 is 0 Å². The Morgan fingerprint density at radius 2 is 1.92 bits per heavy atom. The van der Waals surface area contributed by atoms with E-state index in [4.69, 9.17) is 9.26 Å². The molecule has 8 heteroatoms. The lowest BCUT2D eigenvalue weighted by Crippen LogP contribution is -1.94. The largest absolute Gasteiger partial charge is 0.493 e. The molecule has 0 aliphatic heterocycles. The summed E-state index contributed by atoms with van der Waals surface area (Å²) in [5.41, 5.74) is 1.83. The highest BCUT2D eigenvalue weighted by atomic mass is 19.1. The lowest BCUT2D eigenvalue weighted by atomic mass is 10.2. The number of hydrogen-bond donors (Lipinski definition) is 0. The molecule has 4 rings (SSSR count). The van der Waals surface area contributed by atoms with Gasteiger partial charge in [0.25, 0.3) is 5.89 Å². The van der Waals surface area contributed by atoms with Crippen molar-refractivity contribution in [3.63, 3.8) is 0 Å². The van der Waals surface area contributed by atoms with Gasteiger partial charge >= 0.3 is 0 Å². The van der Waals surface area contributed by atoms with Gasteiger partial charge in [0.2, 0.25) is 5.82 Å². The molecule has 26 heavy (non-hydrogen) atoms. The zero-order chi connectivity index (χ0) is 17.9. The quantitative estimate of drug-likeness (QED) is 0.547. The summed E-state index contributed by atoms with van der Waals surface area (Å²) in [7, 11) is 0. The van der Waals surface area contributed by atoms with Gasteiger partial charge in [0.15, 0.2) is 5.69 Å². The van der Waals surface area contributed by atoms with E-state index in [1.807, 2.05) is 31.2 Å². The third-order valence-electron chi connectivity index (χ3n) is 3.66. The van der Waals surface area contributed by atoms with Crippen LogP contribution in [0.5, 0.6) is 5.75 Å². The summed E-state index contributed by atoms with van der Waals surface area (Å²) in [4.78, 5) is 4.38. The molecule has 0 amide bonds. The molecule has 2 aromatic heterocycles. The number of benzene rings is 2. The Morgan fingerprint density at radius 1 is 1.12 bits per heavy atom. The van der Waals surface area contributed by atoms with Crippen molar-refractivity contribution < 1.29 is 13.7 Å². The van der Waals surface area contributed by atoms with Crippen LogP contribution in [0.1, 0.15) is 6.92 Å². The van der Waals surface area contributed by atoms with E-state index in [2.05, 4.69) is 20.5 Å². The smallest absolute Gasteiger partial charge is 0.262 e. The van der Waals surface area contributed by atoms with Gasteiger partial charge in [-0.05, 0) is 43.3 Å². The number of ether oxygens (including phenoxy) is 1. The minimum Gasteiger partial charge on any atom is -0.493 e. The van der Waals surface area contributed by atoms with Crippen molar-refractivity contribution >= 4 is 0 Å². The Balaban J connectivity index is 1.64. The highest BCUT2D eigenvalue weighted by molar-refractivity contribution is 5.64. The van der Waals surface area contributed by atoms with Crippen molar-refractivity contribution in [2.24, 2.45) is 0 Å². The van der Waals surface area contributed by atoms with Gasteiger partial charge in [0, 0.05) is 0 Å². The molecule has 0 N–H and O–H groups in total. The zero-order valence-corrected chi connectivity index (χ0v) is 13.8. The summed E-state index contributed by atoms with van der Waals surface area (Å²) >= 11 is 0. The van der Waals surface area contributed by atoms with Crippen LogP contribution in [0.25, 0.3) is 28.7 Å². The number of hydrogen-bond acceptors (Lipinski definition) is 6. The first-order valence-electron chi connectivity index (χ1n) is 7.99. The van der Waals surface area contributed by atoms with Gasteiger partial charge in [0.05, 0.1) is 24.1 Å². The number of para-hydroxylation sites is 1. The molecule has 0 radical (unpaired) electrons. The number of aromatic nitrogens is 5. The summed E-state index contributed by atoms with van der Waals surface area (Å²) in [6.45, 7) is 2.44. The molecule has 0 aliphatic rings. The van der Waals surface area contributed by atoms with E-state index in [-0.39, 0.29) is 5.82 Å². The van der Waals surface area contributed by atoms with E-state index < -0.39 is 0 Å². The SMILES string of the molecule is CCOc1ccccc1-c1nc(-c2cn(-c3ccc(F)cc3)nn2)no1. The first-order chi connectivity index (χ1) is 12.7. The molecule has 0 unspecified atom stereocenters. The van der Waals surface area contributed by atoms with Gasteiger partial charge in [-0.3, -0.25) is 0 Å². The average molecular weight is 351 g/mol. The molecule has 0 fully saturated rings. The summed E-state index contributed by atoms with van der Waals surface area (Å²) in [5.74, 6) is 0.991. The summed E-state index contributed by atoms with van der Waals surface area (Å²) in [6, 6.07) is 13.3. The highest BCUT2D eigenvalue weighted by Gasteiger charge is 2.17. The average Bonchev–Trinajstić information content (AvgIpc) is 3.33. The summed E-state index contributed by atoms with van der Waals surface area (Å²) in [5, 5.41) is 12.0. The minimum absolute atomic E-state index is 0.305. The van der Waals surface area contributed by atoms with Crippen LogP contribution in [0, 0.1) is 5.82 Å². The Labute approximate surface area is 148 Å². The maximum Gasteiger partial charge on any atom is 0.262 e. The predicted molar refractivity (Wildman–Crippen MR) is 91.2 cm³/mol. The van der Waals surface area contributed by atoms with Gasteiger partial charge in [-0.25, -0.2) is 9.07 Å². The van der Waals surface area contributed by atoms with Gasteiger partial charge in [0.1, 0.15) is 11.6 Å². The third kappa shape index (κ3) is 3.04. The second kappa shape index (κ2) is 6.75. The van der Waals surface area contributed by atoms with Crippen LogP contribution in [0.2, 0.25) is 0 Å². The van der Waals surface area contributed by atoms with Crippen LogP contribution in [0.3, 0.4) is 0 Å². The van der Waals surface area contributed by atoms with Crippen molar-refractivity contribution in [3.05, 3.63) is 60.5 Å². The van der Waals surface area contributed by atoms with E-state index in [1.54, 1.807) is 18.3 Å². The van der Waals surface area contributed by atoms with Crippen molar-refractivity contribution in [2.45, 2.75) is 6.92 Å². The molecule has 0 saturated carbocycles. The molecule has 0 saturated heterocycles. The first-order valence-corrected chi connectivity index (χ1v) is 7.99. The Bertz CT molecular complexity index is 1030. The maximum atomic E-state index is 13.0. The monoisotopic (exact) mass is 351 g/mol. The van der Waals surface area contributed by atoms with Crippen LogP contribution < -0.4 is 4.74 Å². The van der Waals surface area contributed by atoms with E-state index >= 15 is 0 Å². The second-order valence-corrected chi connectivity index (χ2v) is 5.38. The lowest BCUT2D eigenvalue weighted by Gasteiger charge is -2.05. The standard InChI is InChI=1S/C18H14FN5O2/c1-2-25-16-6-4-3-5-14(16)18-20-17(22-26-18)15-11-24(23-21-15)13-9-7-12(19)8-10-13/h3-11H,2H2,1H3. The lowest BCUT2D eigenvalue weighted by molar-refractivity contribution is 0.339. The van der Waals surface area contributed by atoms with Crippen LogP contribution in [-0.4, -0.2) is 31.7 Å². The van der Waals surface area contributed by atoms with E-state index in [9.17, 15) is 4.39 Å². The fraction of sp³-hybridized carbons (Fsp3) is 0.111. The van der Waals surface area contributed by atoms with Crippen molar-refractivity contribution in [2.75, 3.05) is 6.61 Å². The minimum atomic E-state index is -0.315. The fourth-order valence-electron chi connectivity index (χ4n) is 2.45. The molecule has 0 aliphatic carbocycles. The van der Waals surface area contributed by atoms with Crippen LogP contribution in [-0.2, 0) is 0 Å². The zero-order valence-electron chi connectivity index (χ0n) is 13.8. The van der Waals surface area contributed by atoms with E-state index in [0.29, 0.717) is 41.0 Å². The fourth-order valence-corrected chi connectivity index (χ4v) is 2.45. The molecule has 2 aromatic carbocycles. The first kappa shape index (κ1) is 15.9. The van der Waals surface area contributed by atoms with Gasteiger partial charge < -0.3 is 9.26 Å². The van der Waals surface area contributed by atoms with Gasteiger partial charge in [-0.1, -0.05) is 22.5 Å². The number of nitrogens with zero attached hydrogens (tertiary/aromatic N) is 5. The van der Waals surface area contributed by atoms with Crippen molar-refractivity contribution in [1.82, 2.24) is 25.1 Å². The van der Waals surface area contributed by atoms with Crippen LogP contribution in [0.15, 0.2) is 59.3 Å². The van der Waals surface area contributed by atoms with Crippen LogP contribution in [0.4, 0.5) is 4.39 Å². The van der Waals surface area contributed by atoms with E-state index in [0.717, 1.165) is 0 Å². The molecule has 4 aromatic rings. The van der Waals surface area contributed by atoms with Crippen molar-refractivity contribution in [1.29, 1.82) is 0 Å². The molecule has 0 spiro atoms. The highest BCUT2D eigenvalue weighted by Crippen LogP contribution is 2.29. The maximum absolute atomic E-state index is 13.0. The van der Waals surface area contributed by atoms with Crippen molar-refractivity contribution in [3.8, 4) is 34.4 Å². The molecular formula is C18H14FN5O2. The molecule has 0 atom stereocenters. The van der Waals surface area contributed by atoms with Gasteiger partial charge in [-0.2, -0.15) is 4.98 Å². The summed E-state index contributed by atoms with van der Waals surface area (Å²) in [6.07, 6.45) is 1.65. The molecule has 2 heterocycles. The van der Waals surface area contributed by atoms with Gasteiger partial charge in [-0.15, -0.1) is 5.10 Å². The number of halogens is 1. The normalized spacial score (nSPS) is 10.8. The Kier molecular flexibility index (Phi) is 4.14. The third-order valence-corrected chi connectivity index (χ3v) is 3.66. The molecule has 0 bridgehead atoms.